The molecule has 1 rings (SSSR count). The molecule has 3 N–H and O–H groups in total. The SMILES string of the molecule is CC(C)[NH-].CC(C)[NH-].CC(C)[NH-].[CH3][GeH]([CH3])[C]1=[C-]CC=C1.[Zr+4]. The minimum Gasteiger partial charge on any atom is 4.00 e. The Bertz CT molecular complexity index is 227. The third kappa shape index (κ3) is 52.8. The first-order valence-corrected chi connectivity index (χ1v) is 13.5. The van der Waals surface area contributed by atoms with Gasteiger partial charge in [-0.3, -0.25) is 0 Å². The fourth-order valence-corrected chi connectivity index (χ4v) is 3.02. The summed E-state index contributed by atoms with van der Waals surface area (Å²) in [6, 6.07) is 0.250. The quantitative estimate of drug-likeness (QED) is 0.357. The topological polar surface area (TPSA) is 71.4 Å². The van der Waals surface area contributed by atoms with Gasteiger partial charge in [0.1, 0.15) is 0 Å². The second kappa shape index (κ2) is 20.8. The van der Waals surface area contributed by atoms with E-state index in [4.69, 9.17) is 17.2 Å². The summed E-state index contributed by atoms with van der Waals surface area (Å²) in [7, 11) is 0. The maximum Gasteiger partial charge on any atom is 4.00 e. The van der Waals surface area contributed by atoms with Gasteiger partial charge in [0.2, 0.25) is 0 Å². The van der Waals surface area contributed by atoms with E-state index in [9.17, 15) is 0 Å². The van der Waals surface area contributed by atoms with E-state index in [2.05, 4.69) is 29.7 Å². The van der Waals surface area contributed by atoms with Crippen molar-refractivity contribution < 1.29 is 26.2 Å². The van der Waals surface area contributed by atoms with Crippen molar-refractivity contribution in [2.24, 2.45) is 0 Å². The molecule has 0 amide bonds. The molecule has 5 heteroatoms. The summed E-state index contributed by atoms with van der Waals surface area (Å²) >= 11 is -0.912. The van der Waals surface area contributed by atoms with Gasteiger partial charge in [-0.1, -0.05) is 41.5 Å². The molecular formula is C16H35GeN3Zr. The van der Waals surface area contributed by atoms with E-state index >= 15 is 0 Å². The van der Waals surface area contributed by atoms with Crippen LogP contribution in [0.1, 0.15) is 48.0 Å². The van der Waals surface area contributed by atoms with Gasteiger partial charge in [0.25, 0.3) is 0 Å². The molecule has 0 atom stereocenters. The standard InChI is InChI=1S/C7H11Ge.3C3H8N.Zr/c1-8(2)7-5-3-4-6-7;3*1-3(2)4;/h3,5,8H,4H2,1-2H3;3*3-4H,1-2H3;/q4*-1;+4. The van der Waals surface area contributed by atoms with Crippen molar-refractivity contribution in [1.29, 1.82) is 0 Å². The molecule has 122 valence electrons. The Morgan fingerprint density at radius 3 is 1.29 bits per heavy atom. The zero-order valence-corrected chi connectivity index (χ0v) is 20.1. The zero-order chi connectivity index (χ0) is 16.7. The first kappa shape index (κ1) is 29.8. The average molecular weight is 433 g/mol. The molecule has 0 heterocycles. The number of rotatable bonds is 1. The predicted octanol–water partition coefficient (Wildman–Crippen LogP) is 6.04. The summed E-state index contributed by atoms with van der Waals surface area (Å²) in [4.78, 5) is 0. The van der Waals surface area contributed by atoms with E-state index < -0.39 is 14.3 Å². The fraction of sp³-hybridized carbons (Fsp3) is 0.750. The van der Waals surface area contributed by atoms with Crippen LogP contribution in [0.3, 0.4) is 0 Å². The van der Waals surface area contributed by atoms with Gasteiger partial charge in [-0.05, 0) is 0 Å². The van der Waals surface area contributed by atoms with E-state index in [1.54, 1.807) is 4.41 Å². The van der Waals surface area contributed by atoms with Crippen molar-refractivity contribution in [3.05, 3.63) is 39.8 Å². The molecule has 0 fully saturated rings. The Hall–Kier alpha value is 0.786. The molecule has 0 aromatic rings. The molecule has 1 aliphatic rings. The van der Waals surface area contributed by atoms with Crippen LogP contribution >= 0.6 is 0 Å². The minimum absolute atomic E-state index is 0. The molecule has 0 spiro atoms. The molecule has 1 aliphatic carbocycles. The van der Waals surface area contributed by atoms with Gasteiger partial charge >= 0.3 is 81.1 Å². The van der Waals surface area contributed by atoms with Crippen LogP contribution in [0.4, 0.5) is 0 Å². The fourth-order valence-electron chi connectivity index (χ4n) is 0.818. The van der Waals surface area contributed by atoms with E-state index in [-0.39, 0.29) is 44.3 Å². The van der Waals surface area contributed by atoms with Crippen LogP contribution in [0, 0.1) is 6.08 Å². The maximum atomic E-state index is 6.58. The van der Waals surface area contributed by atoms with Crippen LogP contribution in [0.15, 0.2) is 16.6 Å². The van der Waals surface area contributed by atoms with Gasteiger partial charge < -0.3 is 17.2 Å². The molecule has 0 saturated heterocycles. The molecule has 0 aromatic heterocycles. The Morgan fingerprint density at radius 2 is 1.19 bits per heavy atom. The zero-order valence-electron chi connectivity index (χ0n) is 15.2. The third-order valence-corrected chi connectivity index (χ3v) is 4.79. The Labute approximate surface area is 157 Å². The van der Waals surface area contributed by atoms with Crippen LogP contribution in [-0.2, 0) is 26.2 Å². The first-order valence-electron chi connectivity index (χ1n) is 7.41. The summed E-state index contributed by atoms with van der Waals surface area (Å²) in [6.07, 6.45) is 8.85. The summed E-state index contributed by atoms with van der Waals surface area (Å²) in [5.74, 6) is 4.76. The molecule has 3 nitrogen and oxygen atoms in total. The van der Waals surface area contributed by atoms with E-state index in [0.717, 1.165) is 6.42 Å². The van der Waals surface area contributed by atoms with Gasteiger partial charge in [0.05, 0.1) is 0 Å². The van der Waals surface area contributed by atoms with Gasteiger partial charge in [-0.25, -0.2) is 0 Å². The molecule has 21 heavy (non-hydrogen) atoms. The normalized spacial score (nSPS) is 11.9. The Kier molecular flexibility index (Phi) is 29.5. The first-order chi connectivity index (χ1) is 9.00. The maximum absolute atomic E-state index is 6.58. The summed E-state index contributed by atoms with van der Waals surface area (Å²) in [6.45, 7) is 11.0. The number of allylic oxidation sites excluding steroid dienone is 4. The van der Waals surface area contributed by atoms with Crippen LogP contribution in [0.5, 0.6) is 0 Å². The van der Waals surface area contributed by atoms with Gasteiger partial charge in [0, 0.05) is 0 Å². The number of nitrogens with one attached hydrogen (secondary N) is 3. The summed E-state index contributed by atoms with van der Waals surface area (Å²) in [5, 5.41) is 0. The molecule has 0 aromatic carbocycles. The molecule has 0 radical (unpaired) electrons. The van der Waals surface area contributed by atoms with Gasteiger partial charge in [-0.15, -0.1) is 18.1 Å². The van der Waals surface area contributed by atoms with Crippen molar-refractivity contribution in [1.82, 2.24) is 0 Å². The minimum atomic E-state index is -0.912. The van der Waals surface area contributed by atoms with E-state index in [0.29, 0.717) is 0 Å². The predicted molar refractivity (Wildman–Crippen MR) is 97.8 cm³/mol. The number of hydrogen-bond acceptors (Lipinski definition) is 0. The summed E-state index contributed by atoms with van der Waals surface area (Å²) in [5.41, 5.74) is 19.8. The third-order valence-electron chi connectivity index (χ3n) is 1.34. The second-order valence-corrected chi connectivity index (χ2v) is 12.0. The largest absolute Gasteiger partial charge is 4.00 e. The van der Waals surface area contributed by atoms with Crippen molar-refractivity contribution in [3.63, 3.8) is 0 Å². The van der Waals surface area contributed by atoms with Gasteiger partial charge in [-0.2, -0.15) is 0 Å². The van der Waals surface area contributed by atoms with Crippen molar-refractivity contribution in [3.8, 4) is 0 Å². The smallest absolute Gasteiger partial charge is 4.00 e. The van der Waals surface area contributed by atoms with Crippen LogP contribution in [0.2, 0.25) is 11.5 Å². The molecular weight excluding hydrogens is 398 g/mol. The van der Waals surface area contributed by atoms with E-state index in [1.807, 2.05) is 41.5 Å². The molecule has 0 unspecified atom stereocenters. The molecule has 0 aliphatic heterocycles. The van der Waals surface area contributed by atoms with E-state index in [1.165, 1.54) is 0 Å². The second-order valence-electron chi connectivity index (χ2n) is 5.86. The monoisotopic (exact) mass is 433 g/mol. The van der Waals surface area contributed by atoms with Gasteiger partial charge in [0.15, 0.2) is 0 Å². The average Bonchev–Trinajstić information content (AvgIpc) is 2.66. The van der Waals surface area contributed by atoms with Crippen LogP contribution in [-0.4, -0.2) is 32.5 Å². The van der Waals surface area contributed by atoms with Crippen molar-refractivity contribution in [2.75, 3.05) is 0 Å². The Morgan fingerprint density at radius 1 is 0.905 bits per heavy atom. The van der Waals surface area contributed by atoms with Crippen LogP contribution in [0.25, 0.3) is 17.2 Å². The molecule has 0 saturated carbocycles. The summed E-state index contributed by atoms with van der Waals surface area (Å²) < 4.78 is 1.55. The Balaban J connectivity index is -0.0000000973. The molecule has 0 bridgehead atoms. The van der Waals surface area contributed by atoms with Crippen molar-refractivity contribution >= 4 is 14.3 Å². The van der Waals surface area contributed by atoms with Crippen molar-refractivity contribution in [2.45, 2.75) is 77.6 Å². The van der Waals surface area contributed by atoms with Crippen LogP contribution < -0.4 is 0 Å². The number of hydrogen-bond donors (Lipinski definition) is 0.